The molecule has 6 heteroatoms. The van der Waals surface area contributed by atoms with E-state index in [0.717, 1.165) is 22.7 Å². The second-order valence-electron chi connectivity index (χ2n) is 34.3. The average molecular weight is 1680 g/mol. The van der Waals surface area contributed by atoms with Crippen LogP contribution in [-0.4, -0.2) is 27.4 Å². The number of benzene rings is 21. The van der Waals surface area contributed by atoms with E-state index in [1.54, 1.807) is 0 Å². The van der Waals surface area contributed by atoms with E-state index in [1.807, 2.05) is 0 Å². The number of para-hydroxylation sites is 8. The van der Waals surface area contributed by atoms with Gasteiger partial charge in [-0.3, -0.25) is 0 Å². The highest BCUT2D eigenvalue weighted by atomic mass is 15.0. The van der Waals surface area contributed by atoms with Crippen molar-refractivity contribution in [3.63, 3.8) is 0 Å². The van der Waals surface area contributed by atoms with Crippen LogP contribution in [0, 0.1) is 0 Å². The highest BCUT2D eigenvalue weighted by Crippen LogP contribution is 2.46. The molecular weight excluding hydrogens is 1600 g/mol. The number of nitrogens with zero attached hydrogens (tertiary/aromatic N) is 6. The van der Waals surface area contributed by atoms with Crippen LogP contribution in [0.2, 0.25) is 0 Å². The first-order chi connectivity index (χ1) is 65.5. The molecule has 0 aliphatic carbocycles. The van der Waals surface area contributed by atoms with Crippen molar-refractivity contribution in [2.45, 2.75) is 0 Å². The molecule has 0 unspecified atom stereocenters. The summed E-state index contributed by atoms with van der Waals surface area (Å²) in [5.74, 6) is 0. The predicted octanol–water partition coefficient (Wildman–Crippen LogP) is 33.6. The summed E-state index contributed by atoms with van der Waals surface area (Å²) in [6.45, 7) is 0. The van der Waals surface area contributed by atoms with Crippen molar-refractivity contribution < 1.29 is 0 Å². The van der Waals surface area contributed by atoms with Crippen LogP contribution in [0.25, 0.3) is 232 Å². The second kappa shape index (κ2) is 32.4. The summed E-state index contributed by atoms with van der Waals surface area (Å²) in [4.78, 5) is 0. The zero-order chi connectivity index (χ0) is 87.1. The van der Waals surface area contributed by atoms with E-state index in [2.05, 4.69) is 537 Å². The van der Waals surface area contributed by atoms with E-state index in [9.17, 15) is 0 Å². The summed E-state index contributed by atoms with van der Waals surface area (Å²) in [6, 6.07) is 184. The fraction of sp³-hybridized carbons (Fsp3) is 0. The van der Waals surface area contributed by atoms with E-state index in [1.165, 1.54) is 209 Å². The smallest absolute Gasteiger partial charge is 0.0548 e. The molecule has 27 rings (SSSR count). The molecule has 132 heavy (non-hydrogen) atoms. The fourth-order valence-corrected chi connectivity index (χ4v) is 20.6. The van der Waals surface area contributed by atoms with Crippen molar-refractivity contribution in [1.29, 1.82) is 0 Å². The van der Waals surface area contributed by atoms with Crippen LogP contribution in [0.5, 0.6) is 0 Å². The molecule has 618 valence electrons. The molecule has 0 bridgehead atoms. The Kier molecular flexibility index (Phi) is 18.8. The first-order valence-electron chi connectivity index (χ1n) is 45.3. The molecule has 0 atom stereocenters. The van der Waals surface area contributed by atoms with Gasteiger partial charge >= 0.3 is 0 Å². The van der Waals surface area contributed by atoms with E-state index in [0.29, 0.717) is 0 Å². The quantitative estimate of drug-likeness (QED) is 0.117. The first-order valence-corrected chi connectivity index (χ1v) is 45.3. The Morgan fingerprint density at radius 3 is 0.439 bits per heavy atom. The monoisotopic (exact) mass is 1680 g/mol. The molecule has 0 spiro atoms. The summed E-state index contributed by atoms with van der Waals surface area (Å²) in [5.41, 5.74) is 36.3. The third-order valence-corrected chi connectivity index (χ3v) is 26.8. The third kappa shape index (κ3) is 13.3. The molecule has 0 N–H and O–H groups in total. The van der Waals surface area contributed by atoms with Crippen LogP contribution in [0.1, 0.15) is 0 Å². The zero-order valence-electron chi connectivity index (χ0n) is 72.2. The lowest BCUT2D eigenvalue weighted by Gasteiger charge is -2.11. The molecule has 0 aliphatic heterocycles. The SMILES string of the molecule is c1ccc(-c2ccc(-c3ccc(-n4c5ccccc5c5cc6c(cc54)c4ccccc4n6-c4ccccc4)cc3)cc2)cc1.c1ccc(-c2ccc(-n3c4ccccc4c4cc5c(cc43)c3ccccc3n5-c3ccc(-c4ccccc4)cc3)cc2)cc1.c1ccc(-c2cccc(-c3ccc(-n4c5ccccc5c5cc6c(cc54)c4ccccc4n6-c4ccccc4)cc3)c2)cc1. The van der Waals surface area contributed by atoms with Crippen LogP contribution >= 0.6 is 0 Å². The number of hydrogen-bond acceptors (Lipinski definition) is 0. The van der Waals surface area contributed by atoms with Crippen LogP contribution < -0.4 is 0 Å². The molecule has 6 heterocycles. The number of rotatable bonds is 12. The van der Waals surface area contributed by atoms with Gasteiger partial charge < -0.3 is 27.4 Å². The van der Waals surface area contributed by atoms with Crippen molar-refractivity contribution in [3.8, 4) is 101 Å². The molecule has 6 nitrogen and oxygen atoms in total. The Bertz CT molecular complexity index is 8860. The van der Waals surface area contributed by atoms with Gasteiger partial charge in [0.1, 0.15) is 0 Å². The number of aromatic nitrogens is 6. The predicted molar refractivity (Wildman–Crippen MR) is 558 cm³/mol. The minimum atomic E-state index is 1.16. The van der Waals surface area contributed by atoms with Gasteiger partial charge in [0.25, 0.3) is 0 Å². The normalized spacial score (nSPS) is 11.6. The summed E-state index contributed by atoms with van der Waals surface area (Å²) in [7, 11) is 0. The van der Waals surface area contributed by atoms with Gasteiger partial charge in [-0.1, -0.05) is 358 Å². The lowest BCUT2D eigenvalue weighted by atomic mass is 9.99. The van der Waals surface area contributed by atoms with Gasteiger partial charge in [0.15, 0.2) is 0 Å². The molecule has 0 saturated heterocycles. The van der Waals surface area contributed by atoms with Crippen LogP contribution in [0.3, 0.4) is 0 Å². The van der Waals surface area contributed by atoms with Crippen LogP contribution in [0.15, 0.2) is 510 Å². The molecule has 6 aromatic heterocycles. The molecule has 0 aliphatic rings. The summed E-state index contributed by atoms with van der Waals surface area (Å²) in [6.07, 6.45) is 0. The second-order valence-corrected chi connectivity index (χ2v) is 34.3. The average Bonchev–Trinajstić information content (AvgIpc) is 1.57. The molecular formula is C126H84N6. The zero-order valence-corrected chi connectivity index (χ0v) is 72.2. The number of hydrogen-bond donors (Lipinski definition) is 0. The van der Waals surface area contributed by atoms with Crippen molar-refractivity contribution >= 4 is 131 Å². The van der Waals surface area contributed by atoms with Crippen LogP contribution in [-0.2, 0) is 0 Å². The van der Waals surface area contributed by atoms with Crippen molar-refractivity contribution in [3.05, 3.63) is 510 Å². The van der Waals surface area contributed by atoms with Crippen molar-refractivity contribution in [2.75, 3.05) is 0 Å². The highest BCUT2D eigenvalue weighted by molar-refractivity contribution is 6.22. The summed E-state index contributed by atoms with van der Waals surface area (Å²) < 4.78 is 14.5. The fourth-order valence-electron chi connectivity index (χ4n) is 20.6. The summed E-state index contributed by atoms with van der Waals surface area (Å²) >= 11 is 0. The molecule has 0 amide bonds. The Morgan fingerprint density at radius 1 is 0.0833 bits per heavy atom. The largest absolute Gasteiger partial charge is 0.309 e. The van der Waals surface area contributed by atoms with E-state index in [4.69, 9.17) is 0 Å². The molecule has 21 aromatic carbocycles. The Hall–Kier alpha value is -17.6. The van der Waals surface area contributed by atoms with E-state index >= 15 is 0 Å². The third-order valence-electron chi connectivity index (χ3n) is 26.8. The van der Waals surface area contributed by atoms with Crippen LogP contribution in [0.4, 0.5) is 0 Å². The molecule has 0 fully saturated rings. The lowest BCUT2D eigenvalue weighted by molar-refractivity contribution is 1.17. The van der Waals surface area contributed by atoms with Gasteiger partial charge in [-0.25, -0.2) is 0 Å². The van der Waals surface area contributed by atoms with E-state index < -0.39 is 0 Å². The topological polar surface area (TPSA) is 29.6 Å². The Balaban J connectivity index is 0.000000106. The molecule has 0 radical (unpaired) electrons. The number of fused-ring (bicyclic) bond motifs is 18. The molecule has 27 aromatic rings. The van der Waals surface area contributed by atoms with Gasteiger partial charge in [-0.05, 0) is 218 Å². The maximum Gasteiger partial charge on any atom is 0.0548 e. The summed E-state index contributed by atoms with van der Waals surface area (Å²) in [5, 5.41) is 15.1. The maximum atomic E-state index is 2.42. The van der Waals surface area contributed by atoms with Gasteiger partial charge in [0.2, 0.25) is 0 Å². The van der Waals surface area contributed by atoms with Gasteiger partial charge in [0, 0.05) is 98.8 Å². The Labute approximate surface area is 763 Å². The van der Waals surface area contributed by atoms with Gasteiger partial charge in [-0.15, -0.1) is 0 Å². The molecule has 0 saturated carbocycles. The van der Waals surface area contributed by atoms with E-state index in [-0.39, 0.29) is 0 Å². The van der Waals surface area contributed by atoms with Crippen molar-refractivity contribution in [2.24, 2.45) is 0 Å². The van der Waals surface area contributed by atoms with Crippen molar-refractivity contribution in [1.82, 2.24) is 27.4 Å². The lowest BCUT2D eigenvalue weighted by Crippen LogP contribution is -1.95. The standard InChI is InChI=1S/3C42H28N2/c1-3-12-29(13-4-1)31-14-11-15-32(26-31)30-22-24-34(25-23-30)44-40-21-10-8-19-36(40)38-27-41-37(28-42(38)44)35-18-7-9-20-39(35)43(41)33-16-5-2-6-17-33;1-3-11-29(12-4-1)31-19-23-33(24-20-31)43-39-17-9-7-15-35(39)37-28-42-38(27-41(37)43)36-16-8-10-18-40(36)44(42)34-25-21-32(22-26-34)30-13-5-2-6-14-30;1-3-11-29(12-4-1)30-19-21-31(22-20-30)32-23-25-34(26-24-32)44-40-18-10-8-16-36(40)38-27-41-37(28-42(38)44)35-15-7-9-17-39(35)43(41)33-13-5-2-6-14-33/h3*1-28H. The maximum absolute atomic E-state index is 2.42. The van der Waals surface area contributed by atoms with Gasteiger partial charge in [-0.2, -0.15) is 0 Å². The van der Waals surface area contributed by atoms with Gasteiger partial charge in [0.05, 0.1) is 66.2 Å². The first kappa shape index (κ1) is 76.8. The Morgan fingerprint density at radius 2 is 0.227 bits per heavy atom. The highest BCUT2D eigenvalue weighted by Gasteiger charge is 2.24. The minimum absolute atomic E-state index is 1.16. The minimum Gasteiger partial charge on any atom is -0.309 e.